The quantitative estimate of drug-likeness (QED) is 0.287. The van der Waals surface area contributed by atoms with Crippen molar-refractivity contribution in [3.8, 4) is 0 Å². The largest absolute Gasteiger partial charge is 0.426 e. The van der Waals surface area contributed by atoms with Gasteiger partial charge in [0, 0.05) is 19.8 Å². The number of aromatic nitrogens is 2. The maximum absolute atomic E-state index is 10.1. The van der Waals surface area contributed by atoms with Crippen LogP contribution < -0.4 is 16.1 Å². The number of para-hydroxylation sites is 2. The van der Waals surface area contributed by atoms with Crippen LogP contribution in [-0.2, 0) is 0 Å². The van der Waals surface area contributed by atoms with Crippen molar-refractivity contribution >= 4 is 28.8 Å². The van der Waals surface area contributed by atoms with E-state index in [4.69, 9.17) is 11.1 Å². The molecule has 1 aromatic heterocycles. The second-order valence-corrected chi connectivity index (χ2v) is 5.83. The lowest BCUT2D eigenvalue weighted by atomic mass is 10.2. The second kappa shape index (κ2) is 7.06. The summed E-state index contributed by atoms with van der Waals surface area (Å²) in [6, 6.07) is 14.7. The molecule has 8 nitrogen and oxygen atoms in total. The third-order valence-corrected chi connectivity index (χ3v) is 3.80. The highest BCUT2D eigenvalue weighted by Crippen LogP contribution is 2.11. The van der Waals surface area contributed by atoms with Gasteiger partial charge in [0.1, 0.15) is 5.52 Å². The molecule has 0 spiro atoms. The molecule has 0 amide bonds. The molecule has 1 heterocycles. The van der Waals surface area contributed by atoms with E-state index in [9.17, 15) is 5.21 Å². The first-order chi connectivity index (χ1) is 12.5. The molecule has 0 fully saturated rings. The van der Waals surface area contributed by atoms with Gasteiger partial charge in [-0.3, -0.25) is 5.41 Å². The van der Waals surface area contributed by atoms with Crippen LogP contribution in [0.1, 0.15) is 11.3 Å². The van der Waals surface area contributed by atoms with Crippen LogP contribution in [0.3, 0.4) is 0 Å². The normalized spacial score (nSPS) is 12.0. The average molecular weight is 349 g/mol. The summed E-state index contributed by atoms with van der Waals surface area (Å²) in [6.45, 7) is 0. The topological polar surface area (TPSA) is 116 Å². The fourth-order valence-corrected chi connectivity index (χ4v) is 2.37. The van der Waals surface area contributed by atoms with Crippen LogP contribution in [0.2, 0.25) is 0 Å². The molecule has 8 heteroatoms. The Labute approximate surface area is 150 Å². The summed E-state index contributed by atoms with van der Waals surface area (Å²) >= 11 is 0. The zero-order valence-electron chi connectivity index (χ0n) is 14.5. The number of nitrogens with zero attached hydrogens (tertiary/aromatic N) is 5. The standard InChI is InChI=1S/C18H19N7O/c1-24(2)13-9-7-12(8-10-13)11-21-23-17(19)16-18(20)25(26)15-6-4-3-5-14(15)22-16/h3-11,20,26H,1-2H3,(H2,19,23)/b20-18?,21-11-. The van der Waals surface area contributed by atoms with Gasteiger partial charge in [0.15, 0.2) is 17.0 Å². The molecule has 0 aliphatic heterocycles. The smallest absolute Gasteiger partial charge is 0.191 e. The molecule has 132 valence electrons. The van der Waals surface area contributed by atoms with Crippen LogP contribution in [0.4, 0.5) is 5.69 Å². The van der Waals surface area contributed by atoms with Crippen molar-refractivity contribution in [2.24, 2.45) is 15.9 Å². The number of rotatable bonds is 4. The van der Waals surface area contributed by atoms with E-state index in [-0.39, 0.29) is 17.0 Å². The second-order valence-electron chi connectivity index (χ2n) is 5.83. The predicted octanol–water partition coefficient (Wildman–Crippen LogP) is 1.56. The van der Waals surface area contributed by atoms with Crippen LogP contribution in [0.25, 0.3) is 11.0 Å². The molecule has 0 atom stereocenters. The number of hydrogen-bond acceptors (Lipinski definition) is 6. The van der Waals surface area contributed by atoms with Crippen molar-refractivity contribution < 1.29 is 5.21 Å². The van der Waals surface area contributed by atoms with Gasteiger partial charge in [0.25, 0.3) is 0 Å². The van der Waals surface area contributed by atoms with E-state index >= 15 is 0 Å². The van der Waals surface area contributed by atoms with Crippen LogP contribution in [0, 0.1) is 5.41 Å². The number of anilines is 1. The molecule has 2 aromatic carbocycles. The van der Waals surface area contributed by atoms with Gasteiger partial charge >= 0.3 is 0 Å². The lowest BCUT2D eigenvalue weighted by Gasteiger charge is -2.11. The van der Waals surface area contributed by atoms with Crippen LogP contribution in [-0.4, -0.2) is 41.1 Å². The molecule has 0 unspecified atom stereocenters. The molecule has 3 rings (SSSR count). The number of fused-ring (bicyclic) bond motifs is 1. The molecule has 0 saturated carbocycles. The van der Waals surface area contributed by atoms with Crippen molar-refractivity contribution in [3.05, 3.63) is 65.3 Å². The highest BCUT2D eigenvalue weighted by molar-refractivity contribution is 5.97. The van der Waals surface area contributed by atoms with Gasteiger partial charge in [-0.1, -0.05) is 24.3 Å². The summed E-state index contributed by atoms with van der Waals surface area (Å²) in [7, 11) is 3.94. The zero-order valence-corrected chi connectivity index (χ0v) is 14.5. The lowest BCUT2D eigenvalue weighted by molar-refractivity contribution is 0.183. The zero-order chi connectivity index (χ0) is 18.7. The summed E-state index contributed by atoms with van der Waals surface area (Å²) in [5, 5.41) is 26.0. The Bertz CT molecular complexity index is 1050. The molecule has 26 heavy (non-hydrogen) atoms. The maximum atomic E-state index is 10.1. The summed E-state index contributed by atoms with van der Waals surface area (Å²) in [5.74, 6) is -0.0512. The summed E-state index contributed by atoms with van der Waals surface area (Å²) in [4.78, 5) is 6.29. The van der Waals surface area contributed by atoms with Gasteiger partial charge in [-0.2, -0.15) is 9.83 Å². The lowest BCUT2D eigenvalue weighted by Crippen LogP contribution is -2.31. The van der Waals surface area contributed by atoms with Gasteiger partial charge < -0.3 is 15.8 Å². The average Bonchev–Trinajstić information content (AvgIpc) is 2.65. The Morgan fingerprint density at radius 1 is 1.19 bits per heavy atom. The molecule has 0 radical (unpaired) electrons. The van der Waals surface area contributed by atoms with E-state index in [2.05, 4.69) is 15.2 Å². The van der Waals surface area contributed by atoms with Crippen LogP contribution >= 0.6 is 0 Å². The molecular weight excluding hydrogens is 330 g/mol. The highest BCUT2D eigenvalue weighted by Gasteiger charge is 2.10. The number of hydrogen-bond donors (Lipinski definition) is 3. The third-order valence-electron chi connectivity index (χ3n) is 3.80. The van der Waals surface area contributed by atoms with E-state index in [1.807, 2.05) is 43.3 Å². The summed E-state index contributed by atoms with van der Waals surface area (Å²) in [6.07, 6.45) is 1.56. The predicted molar refractivity (Wildman–Crippen MR) is 102 cm³/mol. The van der Waals surface area contributed by atoms with Gasteiger partial charge in [-0.05, 0) is 29.8 Å². The minimum Gasteiger partial charge on any atom is -0.426 e. The van der Waals surface area contributed by atoms with Crippen molar-refractivity contribution in [3.63, 3.8) is 0 Å². The molecular formula is C18H19N7O. The Balaban J connectivity index is 1.89. The highest BCUT2D eigenvalue weighted by atomic mass is 16.5. The fraction of sp³-hybridized carbons (Fsp3) is 0.111. The number of amidine groups is 1. The van der Waals surface area contributed by atoms with E-state index in [1.165, 1.54) is 0 Å². The summed E-state index contributed by atoms with van der Waals surface area (Å²) in [5.41, 5.74) is 8.57. The Morgan fingerprint density at radius 2 is 1.88 bits per heavy atom. The minimum absolute atomic E-state index is 0.0512. The molecule has 0 aliphatic rings. The van der Waals surface area contributed by atoms with Crippen molar-refractivity contribution in [2.75, 3.05) is 19.0 Å². The monoisotopic (exact) mass is 349 g/mol. The number of nitrogens with two attached hydrogens (primary N) is 1. The Morgan fingerprint density at radius 3 is 2.58 bits per heavy atom. The van der Waals surface area contributed by atoms with Crippen molar-refractivity contribution in [2.45, 2.75) is 0 Å². The van der Waals surface area contributed by atoms with Crippen LogP contribution in [0.5, 0.6) is 0 Å². The first-order valence-corrected chi connectivity index (χ1v) is 7.87. The van der Waals surface area contributed by atoms with Gasteiger partial charge in [-0.25, -0.2) is 4.98 Å². The molecule has 0 aliphatic carbocycles. The van der Waals surface area contributed by atoms with E-state index in [0.717, 1.165) is 16.0 Å². The van der Waals surface area contributed by atoms with Gasteiger partial charge in [-0.15, -0.1) is 5.10 Å². The van der Waals surface area contributed by atoms with Crippen LogP contribution in [0.15, 0.2) is 58.7 Å². The van der Waals surface area contributed by atoms with Gasteiger partial charge in [0.2, 0.25) is 0 Å². The van der Waals surface area contributed by atoms with E-state index in [0.29, 0.717) is 11.0 Å². The van der Waals surface area contributed by atoms with Crippen molar-refractivity contribution in [1.29, 1.82) is 5.41 Å². The SMILES string of the molecule is CN(C)c1ccc(/C=N\N=C(N)c2nc3ccccc3n(O)c2=N)cc1. The molecule has 0 bridgehead atoms. The fourth-order valence-electron chi connectivity index (χ4n) is 2.37. The molecule has 0 saturated heterocycles. The summed E-state index contributed by atoms with van der Waals surface area (Å²) < 4.78 is 0.726. The molecule has 4 N–H and O–H groups in total. The van der Waals surface area contributed by atoms with Gasteiger partial charge in [0.05, 0.1) is 11.7 Å². The maximum Gasteiger partial charge on any atom is 0.191 e. The van der Waals surface area contributed by atoms with E-state index < -0.39 is 0 Å². The minimum atomic E-state index is -0.254. The number of benzene rings is 2. The Hall–Kier alpha value is -3.68. The third kappa shape index (κ3) is 3.39. The van der Waals surface area contributed by atoms with Crippen molar-refractivity contribution in [1.82, 2.24) is 9.71 Å². The Kier molecular flexibility index (Phi) is 4.66. The van der Waals surface area contributed by atoms with E-state index in [1.54, 1.807) is 30.5 Å². The molecule has 3 aromatic rings. The first kappa shape index (κ1) is 17.2. The number of nitrogens with one attached hydrogen (secondary N) is 1. The first-order valence-electron chi connectivity index (χ1n) is 7.87.